The topological polar surface area (TPSA) is 59.9 Å². The molecule has 0 fully saturated rings. The average molecular weight is 270 g/mol. The fourth-order valence-corrected chi connectivity index (χ4v) is 2.59. The molecular formula is C15H18N4O. The standard InChI is InChI=1S/C15H18N4O/c1-16-15-11-4-3-5-12(11)18-13(19-15)8-10-6-7-14(20-2)17-9-10/h6-7,9H,3-5,8H2,1-2H3,(H,16,18,19). The fourth-order valence-electron chi connectivity index (χ4n) is 2.59. The van der Waals surface area contributed by atoms with Crippen LogP contribution in [-0.4, -0.2) is 29.1 Å². The molecule has 1 aliphatic rings. The van der Waals surface area contributed by atoms with E-state index in [2.05, 4.69) is 20.3 Å². The number of aryl methyl sites for hydroxylation is 1. The molecule has 0 spiro atoms. The van der Waals surface area contributed by atoms with Crippen molar-refractivity contribution in [1.29, 1.82) is 0 Å². The first kappa shape index (κ1) is 12.8. The number of pyridine rings is 1. The van der Waals surface area contributed by atoms with E-state index in [4.69, 9.17) is 4.74 Å². The molecule has 0 bridgehead atoms. The molecule has 104 valence electrons. The van der Waals surface area contributed by atoms with E-state index in [0.29, 0.717) is 12.3 Å². The molecule has 0 saturated carbocycles. The Morgan fingerprint density at radius 3 is 2.85 bits per heavy atom. The van der Waals surface area contributed by atoms with E-state index in [1.807, 2.05) is 25.4 Å². The molecule has 2 heterocycles. The molecule has 1 aliphatic carbocycles. The van der Waals surface area contributed by atoms with Gasteiger partial charge in [0, 0.05) is 37.0 Å². The SMILES string of the molecule is CNc1nc(Cc2ccc(OC)nc2)nc2c1CCC2. The van der Waals surface area contributed by atoms with Crippen molar-refractivity contribution in [3.63, 3.8) is 0 Å². The van der Waals surface area contributed by atoms with Gasteiger partial charge in [-0.1, -0.05) is 6.07 Å². The van der Waals surface area contributed by atoms with Gasteiger partial charge in [-0.2, -0.15) is 0 Å². The van der Waals surface area contributed by atoms with Crippen molar-refractivity contribution in [2.24, 2.45) is 0 Å². The van der Waals surface area contributed by atoms with E-state index in [9.17, 15) is 0 Å². The van der Waals surface area contributed by atoms with Crippen LogP contribution >= 0.6 is 0 Å². The van der Waals surface area contributed by atoms with Crippen LogP contribution in [-0.2, 0) is 19.3 Å². The van der Waals surface area contributed by atoms with Gasteiger partial charge in [-0.05, 0) is 24.8 Å². The van der Waals surface area contributed by atoms with Crippen LogP contribution in [0.2, 0.25) is 0 Å². The summed E-state index contributed by atoms with van der Waals surface area (Å²) in [4.78, 5) is 13.5. The summed E-state index contributed by atoms with van der Waals surface area (Å²) in [6.45, 7) is 0. The zero-order chi connectivity index (χ0) is 13.9. The molecule has 0 unspecified atom stereocenters. The van der Waals surface area contributed by atoms with Crippen LogP contribution < -0.4 is 10.1 Å². The van der Waals surface area contributed by atoms with Crippen molar-refractivity contribution in [2.75, 3.05) is 19.5 Å². The number of hydrogen-bond acceptors (Lipinski definition) is 5. The van der Waals surface area contributed by atoms with Crippen molar-refractivity contribution in [2.45, 2.75) is 25.7 Å². The number of ether oxygens (including phenoxy) is 1. The summed E-state index contributed by atoms with van der Waals surface area (Å²) in [5.74, 6) is 2.45. The molecular weight excluding hydrogens is 252 g/mol. The molecule has 1 N–H and O–H groups in total. The number of rotatable bonds is 4. The number of nitrogens with one attached hydrogen (secondary N) is 1. The first-order chi connectivity index (χ1) is 9.80. The fraction of sp³-hybridized carbons (Fsp3) is 0.400. The van der Waals surface area contributed by atoms with Crippen LogP contribution in [0.4, 0.5) is 5.82 Å². The third-order valence-electron chi connectivity index (χ3n) is 3.59. The molecule has 0 atom stereocenters. The highest BCUT2D eigenvalue weighted by Gasteiger charge is 2.18. The van der Waals surface area contributed by atoms with E-state index < -0.39 is 0 Å². The van der Waals surface area contributed by atoms with Crippen LogP contribution in [0.25, 0.3) is 0 Å². The van der Waals surface area contributed by atoms with Crippen molar-refractivity contribution in [3.05, 3.63) is 41.0 Å². The first-order valence-corrected chi connectivity index (χ1v) is 6.85. The second kappa shape index (κ2) is 5.45. The van der Waals surface area contributed by atoms with Gasteiger partial charge in [-0.25, -0.2) is 15.0 Å². The minimum atomic E-state index is 0.625. The smallest absolute Gasteiger partial charge is 0.212 e. The van der Waals surface area contributed by atoms with E-state index in [1.165, 1.54) is 17.7 Å². The monoisotopic (exact) mass is 270 g/mol. The summed E-state index contributed by atoms with van der Waals surface area (Å²) >= 11 is 0. The Hall–Kier alpha value is -2.17. The van der Waals surface area contributed by atoms with Gasteiger partial charge >= 0.3 is 0 Å². The number of nitrogens with zero attached hydrogens (tertiary/aromatic N) is 3. The van der Waals surface area contributed by atoms with Crippen LogP contribution in [0.1, 0.15) is 29.1 Å². The minimum Gasteiger partial charge on any atom is -0.481 e. The predicted molar refractivity (Wildman–Crippen MR) is 77.2 cm³/mol. The third-order valence-corrected chi connectivity index (χ3v) is 3.59. The normalized spacial score (nSPS) is 13.1. The molecule has 0 amide bonds. The lowest BCUT2D eigenvalue weighted by Gasteiger charge is -2.09. The number of methoxy groups -OCH3 is 1. The summed E-state index contributed by atoms with van der Waals surface area (Å²) in [5, 5.41) is 3.19. The first-order valence-electron chi connectivity index (χ1n) is 6.85. The maximum absolute atomic E-state index is 5.06. The lowest BCUT2D eigenvalue weighted by atomic mass is 10.2. The van der Waals surface area contributed by atoms with E-state index in [-0.39, 0.29) is 0 Å². The summed E-state index contributed by atoms with van der Waals surface area (Å²) in [7, 11) is 3.53. The van der Waals surface area contributed by atoms with Crippen LogP contribution in [0.5, 0.6) is 5.88 Å². The van der Waals surface area contributed by atoms with Crippen molar-refractivity contribution in [1.82, 2.24) is 15.0 Å². The quantitative estimate of drug-likeness (QED) is 0.920. The van der Waals surface area contributed by atoms with Crippen molar-refractivity contribution < 1.29 is 4.74 Å². The van der Waals surface area contributed by atoms with E-state index in [1.54, 1.807) is 7.11 Å². The Morgan fingerprint density at radius 1 is 1.25 bits per heavy atom. The minimum absolute atomic E-state index is 0.625. The van der Waals surface area contributed by atoms with Gasteiger partial charge in [0.1, 0.15) is 11.6 Å². The van der Waals surface area contributed by atoms with Crippen molar-refractivity contribution >= 4 is 5.82 Å². The highest BCUT2D eigenvalue weighted by molar-refractivity contribution is 5.48. The molecule has 3 rings (SSSR count). The molecule has 0 saturated heterocycles. The molecule has 0 aromatic carbocycles. The number of aromatic nitrogens is 3. The number of anilines is 1. The summed E-state index contributed by atoms with van der Waals surface area (Å²) in [6, 6.07) is 3.86. The highest BCUT2D eigenvalue weighted by atomic mass is 16.5. The van der Waals surface area contributed by atoms with Crippen LogP contribution in [0, 0.1) is 0 Å². The Labute approximate surface area is 118 Å². The van der Waals surface area contributed by atoms with Crippen LogP contribution in [0.3, 0.4) is 0 Å². The van der Waals surface area contributed by atoms with Gasteiger partial charge < -0.3 is 10.1 Å². The average Bonchev–Trinajstić information content (AvgIpc) is 2.95. The van der Waals surface area contributed by atoms with E-state index in [0.717, 1.165) is 30.0 Å². The molecule has 2 aromatic rings. The summed E-state index contributed by atoms with van der Waals surface area (Å²) in [5.41, 5.74) is 3.57. The van der Waals surface area contributed by atoms with Gasteiger partial charge in [-0.3, -0.25) is 0 Å². The Balaban J connectivity index is 1.86. The van der Waals surface area contributed by atoms with E-state index >= 15 is 0 Å². The summed E-state index contributed by atoms with van der Waals surface area (Å²) < 4.78 is 5.06. The Bertz CT molecular complexity index is 610. The third kappa shape index (κ3) is 2.43. The zero-order valence-electron chi connectivity index (χ0n) is 11.8. The second-order valence-corrected chi connectivity index (χ2v) is 4.90. The van der Waals surface area contributed by atoms with Crippen LogP contribution in [0.15, 0.2) is 18.3 Å². The zero-order valence-corrected chi connectivity index (χ0v) is 11.8. The molecule has 0 aliphatic heterocycles. The van der Waals surface area contributed by atoms with Gasteiger partial charge in [0.2, 0.25) is 5.88 Å². The molecule has 5 nitrogen and oxygen atoms in total. The van der Waals surface area contributed by atoms with Gasteiger partial charge in [0.05, 0.1) is 7.11 Å². The Morgan fingerprint density at radius 2 is 2.15 bits per heavy atom. The Kier molecular flexibility index (Phi) is 3.50. The summed E-state index contributed by atoms with van der Waals surface area (Å²) in [6.07, 6.45) is 5.82. The maximum atomic E-state index is 5.06. The second-order valence-electron chi connectivity index (χ2n) is 4.90. The molecule has 5 heteroatoms. The predicted octanol–water partition coefficient (Wildman–Crippen LogP) is 2.00. The lowest BCUT2D eigenvalue weighted by Crippen LogP contribution is -2.06. The van der Waals surface area contributed by atoms with Gasteiger partial charge in [-0.15, -0.1) is 0 Å². The maximum Gasteiger partial charge on any atom is 0.212 e. The largest absolute Gasteiger partial charge is 0.481 e. The number of hydrogen-bond donors (Lipinski definition) is 1. The molecule has 2 aromatic heterocycles. The van der Waals surface area contributed by atoms with Crippen molar-refractivity contribution in [3.8, 4) is 5.88 Å². The lowest BCUT2D eigenvalue weighted by molar-refractivity contribution is 0.397. The highest BCUT2D eigenvalue weighted by Crippen LogP contribution is 2.26. The molecule has 20 heavy (non-hydrogen) atoms. The molecule has 0 radical (unpaired) electrons. The number of fused-ring (bicyclic) bond motifs is 1. The van der Waals surface area contributed by atoms with Gasteiger partial charge in [0.15, 0.2) is 0 Å². The van der Waals surface area contributed by atoms with Gasteiger partial charge in [0.25, 0.3) is 0 Å².